The molecule has 1 aliphatic rings. The van der Waals surface area contributed by atoms with Gasteiger partial charge in [0.1, 0.15) is 0 Å². The van der Waals surface area contributed by atoms with Crippen LogP contribution in [0.3, 0.4) is 0 Å². The van der Waals surface area contributed by atoms with Crippen molar-refractivity contribution in [1.82, 2.24) is 9.55 Å². The molecule has 1 aliphatic heterocycles. The molecule has 5 aromatic rings. The lowest BCUT2D eigenvalue weighted by atomic mass is 9.99. The highest BCUT2D eigenvalue weighted by Crippen LogP contribution is 2.34. The maximum Gasteiger partial charge on any atom is 0.416 e. The van der Waals surface area contributed by atoms with Gasteiger partial charge in [0.15, 0.2) is 0 Å². The topological polar surface area (TPSA) is 87.5 Å². The summed E-state index contributed by atoms with van der Waals surface area (Å²) in [6.07, 6.45) is -2.58. The fourth-order valence-electron chi connectivity index (χ4n) is 5.74. The van der Waals surface area contributed by atoms with E-state index in [1.165, 1.54) is 6.07 Å². The Morgan fingerprint density at radius 1 is 0.911 bits per heavy atom. The van der Waals surface area contributed by atoms with Gasteiger partial charge in [-0.05, 0) is 92.4 Å². The van der Waals surface area contributed by atoms with Crippen LogP contribution in [-0.2, 0) is 6.18 Å². The monoisotopic (exact) mass is 612 g/mol. The zero-order chi connectivity index (χ0) is 31.9. The maximum absolute atomic E-state index is 14.1. The van der Waals surface area contributed by atoms with Gasteiger partial charge < -0.3 is 15.3 Å². The summed E-state index contributed by atoms with van der Waals surface area (Å²) in [6, 6.07) is 21.3. The molecular formula is C35H31F3N4O3. The summed E-state index contributed by atoms with van der Waals surface area (Å²) in [5, 5.41) is 13.3. The Hall–Kier alpha value is -4.96. The third kappa shape index (κ3) is 6.19. The molecule has 0 spiro atoms. The number of benzene rings is 3. The van der Waals surface area contributed by atoms with E-state index >= 15 is 0 Å². The van der Waals surface area contributed by atoms with Crippen molar-refractivity contribution in [3.05, 3.63) is 118 Å². The van der Waals surface area contributed by atoms with Gasteiger partial charge >= 0.3 is 6.18 Å². The van der Waals surface area contributed by atoms with E-state index in [4.69, 9.17) is 0 Å². The van der Waals surface area contributed by atoms with Crippen LogP contribution in [0.1, 0.15) is 40.0 Å². The molecule has 3 aromatic carbocycles. The summed E-state index contributed by atoms with van der Waals surface area (Å²) in [5.41, 5.74) is 3.14. The molecule has 2 N–H and O–H groups in total. The number of aryl methyl sites for hydroxylation is 2. The third-order valence-corrected chi connectivity index (χ3v) is 8.16. The Kier molecular flexibility index (Phi) is 7.92. The number of carbonyl (C=O) groups is 1. The lowest BCUT2D eigenvalue weighted by molar-refractivity contribution is -0.137. The number of nitrogens with zero attached hydrogens (tertiary/aromatic N) is 3. The average Bonchev–Trinajstić information content (AvgIpc) is 3.02. The van der Waals surface area contributed by atoms with Crippen molar-refractivity contribution in [2.45, 2.75) is 39.0 Å². The van der Waals surface area contributed by atoms with Crippen molar-refractivity contribution in [2.24, 2.45) is 0 Å². The summed E-state index contributed by atoms with van der Waals surface area (Å²) >= 11 is 0. The highest BCUT2D eigenvalue weighted by molar-refractivity contribution is 6.05. The number of carbonyl (C=O) groups excluding carboxylic acids is 1. The van der Waals surface area contributed by atoms with E-state index in [1.54, 1.807) is 39.9 Å². The second-order valence-electron chi connectivity index (χ2n) is 11.4. The minimum atomic E-state index is -4.65. The van der Waals surface area contributed by atoms with Crippen LogP contribution in [-0.4, -0.2) is 39.8 Å². The van der Waals surface area contributed by atoms with Crippen LogP contribution in [0.5, 0.6) is 0 Å². The van der Waals surface area contributed by atoms with Gasteiger partial charge in [-0.15, -0.1) is 0 Å². The number of amides is 1. The molecule has 2 aromatic heterocycles. The number of hydrogen-bond donors (Lipinski definition) is 2. The molecule has 1 saturated heterocycles. The van der Waals surface area contributed by atoms with Crippen LogP contribution in [0.4, 0.5) is 24.5 Å². The number of pyridine rings is 2. The van der Waals surface area contributed by atoms with Gasteiger partial charge in [0.2, 0.25) is 0 Å². The predicted molar refractivity (Wildman–Crippen MR) is 169 cm³/mol. The second kappa shape index (κ2) is 11.9. The Labute approximate surface area is 257 Å². The number of hydrogen-bond acceptors (Lipinski definition) is 5. The predicted octanol–water partition coefficient (Wildman–Crippen LogP) is 6.90. The molecule has 0 bridgehead atoms. The molecule has 0 unspecified atom stereocenters. The Morgan fingerprint density at radius 3 is 2.36 bits per heavy atom. The molecule has 10 heteroatoms. The number of anilines is 2. The quantitative estimate of drug-likeness (QED) is 0.226. The maximum atomic E-state index is 14.1. The summed E-state index contributed by atoms with van der Waals surface area (Å²) < 4.78 is 43.2. The van der Waals surface area contributed by atoms with Crippen molar-refractivity contribution in [1.29, 1.82) is 0 Å². The fraction of sp³-hybridized carbons (Fsp3) is 0.229. The van der Waals surface area contributed by atoms with Crippen molar-refractivity contribution >= 4 is 28.2 Å². The van der Waals surface area contributed by atoms with E-state index in [0.717, 1.165) is 28.8 Å². The zero-order valence-electron chi connectivity index (χ0n) is 24.7. The molecule has 0 saturated carbocycles. The van der Waals surface area contributed by atoms with Crippen molar-refractivity contribution in [2.75, 3.05) is 23.3 Å². The molecule has 1 amide bonds. The summed E-state index contributed by atoms with van der Waals surface area (Å²) in [4.78, 5) is 33.7. The highest BCUT2D eigenvalue weighted by Gasteiger charge is 2.33. The molecule has 230 valence electrons. The van der Waals surface area contributed by atoms with Crippen molar-refractivity contribution in [3.8, 4) is 16.8 Å². The number of nitrogens with one attached hydrogen (secondary N) is 1. The van der Waals surface area contributed by atoms with Gasteiger partial charge in [-0.25, -0.2) is 0 Å². The number of alkyl halides is 3. The van der Waals surface area contributed by atoms with Gasteiger partial charge in [0, 0.05) is 58.6 Å². The largest absolute Gasteiger partial charge is 0.416 e. The summed E-state index contributed by atoms with van der Waals surface area (Å²) in [7, 11) is 0. The summed E-state index contributed by atoms with van der Waals surface area (Å²) in [5.74, 6) is -0.714. The number of aliphatic hydroxyl groups excluding tert-OH is 1. The SMILES string of the molecule is Cc1cc2c(cn1)cc(-c1cc(NC(=O)c3cc(N4CCC(O)CC4)cc(C(F)(F)F)c3)ccc1C)c(=O)n2-c1ccccc1. The second-order valence-corrected chi connectivity index (χ2v) is 11.4. The first-order valence-corrected chi connectivity index (χ1v) is 14.6. The molecular weight excluding hydrogens is 581 g/mol. The van der Waals surface area contributed by atoms with Gasteiger partial charge in [0.05, 0.1) is 17.2 Å². The molecule has 0 radical (unpaired) electrons. The number of aromatic nitrogens is 2. The van der Waals surface area contributed by atoms with Crippen LogP contribution in [0.2, 0.25) is 0 Å². The molecule has 3 heterocycles. The van der Waals surface area contributed by atoms with Crippen molar-refractivity contribution < 1.29 is 23.1 Å². The Bertz CT molecular complexity index is 1960. The first-order valence-electron chi connectivity index (χ1n) is 14.6. The van der Waals surface area contributed by atoms with E-state index < -0.39 is 23.8 Å². The normalized spacial score (nSPS) is 14.1. The number of halogens is 3. The molecule has 7 nitrogen and oxygen atoms in total. The van der Waals surface area contributed by atoms with Gasteiger partial charge in [-0.1, -0.05) is 24.3 Å². The first kappa shape index (κ1) is 30.1. The van der Waals surface area contributed by atoms with E-state index in [0.29, 0.717) is 53.9 Å². The van der Waals surface area contributed by atoms with Gasteiger partial charge in [-0.3, -0.25) is 19.1 Å². The highest BCUT2D eigenvalue weighted by atomic mass is 19.4. The lowest BCUT2D eigenvalue weighted by Gasteiger charge is -2.32. The minimum absolute atomic E-state index is 0.147. The number of piperidine rings is 1. The number of fused-ring (bicyclic) bond motifs is 1. The smallest absolute Gasteiger partial charge is 0.393 e. The Morgan fingerprint density at radius 2 is 1.64 bits per heavy atom. The van der Waals surface area contributed by atoms with Crippen LogP contribution < -0.4 is 15.8 Å². The van der Waals surface area contributed by atoms with E-state index in [9.17, 15) is 27.9 Å². The molecule has 0 aliphatic carbocycles. The van der Waals surface area contributed by atoms with Crippen LogP contribution in [0, 0.1) is 13.8 Å². The fourth-order valence-corrected chi connectivity index (χ4v) is 5.74. The number of para-hydroxylation sites is 1. The van der Waals surface area contributed by atoms with Crippen LogP contribution in [0.25, 0.3) is 27.7 Å². The lowest BCUT2D eigenvalue weighted by Crippen LogP contribution is -2.36. The number of rotatable bonds is 5. The summed E-state index contributed by atoms with van der Waals surface area (Å²) in [6.45, 7) is 4.46. The van der Waals surface area contributed by atoms with E-state index in [1.807, 2.05) is 50.2 Å². The molecule has 6 rings (SSSR count). The van der Waals surface area contributed by atoms with Crippen LogP contribution in [0.15, 0.2) is 89.9 Å². The first-order chi connectivity index (χ1) is 21.5. The minimum Gasteiger partial charge on any atom is -0.393 e. The molecule has 45 heavy (non-hydrogen) atoms. The van der Waals surface area contributed by atoms with Gasteiger partial charge in [-0.2, -0.15) is 13.2 Å². The molecule has 1 fully saturated rings. The average molecular weight is 613 g/mol. The van der Waals surface area contributed by atoms with E-state index in [-0.39, 0.29) is 16.8 Å². The third-order valence-electron chi connectivity index (χ3n) is 8.16. The number of aliphatic hydroxyl groups is 1. The van der Waals surface area contributed by atoms with Crippen molar-refractivity contribution in [3.63, 3.8) is 0 Å². The van der Waals surface area contributed by atoms with Gasteiger partial charge in [0.25, 0.3) is 11.5 Å². The Balaban J connectivity index is 1.39. The standard InChI is InChI=1S/C35H31F3N4O3/c1-21-8-9-26(40-33(44)23-15-25(35(36,37)38)18-28(16-23)41-12-10-29(43)11-13-41)19-30(21)31-17-24-20-39-22(2)14-32(24)42(34(31)45)27-6-4-3-5-7-27/h3-9,14-20,29,43H,10-13H2,1-2H3,(H,40,44). The van der Waals surface area contributed by atoms with Crippen LogP contribution >= 0.6 is 0 Å². The molecule has 0 atom stereocenters. The zero-order valence-corrected chi connectivity index (χ0v) is 24.7. The van der Waals surface area contributed by atoms with E-state index in [2.05, 4.69) is 10.3 Å².